The molecule has 0 atom stereocenters. The van der Waals surface area contributed by atoms with E-state index < -0.39 is 0 Å². The number of hydrogen-bond donors (Lipinski definition) is 3. The lowest BCUT2D eigenvalue weighted by atomic mass is 10.1. The number of nitrogens with two attached hydrogens (primary N) is 1. The quantitative estimate of drug-likeness (QED) is 0.572. The normalized spacial score (nSPS) is 14.8. The molecular formula is C15H21N3O3. The number of benzene rings is 1. The number of nitrogens with one attached hydrogen (secondary N) is 1. The second-order valence-corrected chi connectivity index (χ2v) is 5.22. The molecule has 2 rings (SSSR count). The molecule has 0 aliphatic carbocycles. The van der Waals surface area contributed by atoms with Crippen LogP contribution in [0.4, 0.5) is 5.69 Å². The molecule has 0 radical (unpaired) electrons. The van der Waals surface area contributed by atoms with Crippen molar-refractivity contribution >= 4 is 17.5 Å². The summed E-state index contributed by atoms with van der Waals surface area (Å²) in [6.07, 6.45) is 3.57. The third-order valence-corrected chi connectivity index (χ3v) is 3.61. The summed E-state index contributed by atoms with van der Waals surface area (Å²) in [6.45, 7) is 1.89. The van der Waals surface area contributed by atoms with Gasteiger partial charge in [-0.2, -0.15) is 0 Å². The molecule has 0 bridgehead atoms. The number of phenols is 1. The second-order valence-electron chi connectivity index (χ2n) is 5.22. The summed E-state index contributed by atoms with van der Waals surface area (Å²) in [5.41, 5.74) is 6.21. The van der Waals surface area contributed by atoms with Gasteiger partial charge in [-0.05, 0) is 37.5 Å². The number of rotatable bonds is 4. The highest BCUT2D eigenvalue weighted by atomic mass is 16.3. The first-order chi connectivity index (χ1) is 10.1. The van der Waals surface area contributed by atoms with Crippen LogP contribution >= 0.6 is 0 Å². The Morgan fingerprint density at radius 1 is 1.24 bits per heavy atom. The van der Waals surface area contributed by atoms with Crippen molar-refractivity contribution in [2.75, 3.05) is 25.4 Å². The lowest BCUT2D eigenvalue weighted by Crippen LogP contribution is -2.37. The number of amides is 2. The van der Waals surface area contributed by atoms with Crippen molar-refractivity contribution < 1.29 is 14.7 Å². The van der Waals surface area contributed by atoms with Gasteiger partial charge in [-0.1, -0.05) is 0 Å². The van der Waals surface area contributed by atoms with Gasteiger partial charge in [0.15, 0.2) is 0 Å². The summed E-state index contributed by atoms with van der Waals surface area (Å²) in [5.74, 6) is -0.326. The van der Waals surface area contributed by atoms with Gasteiger partial charge in [-0.15, -0.1) is 0 Å². The molecule has 0 unspecified atom stereocenters. The molecule has 6 heteroatoms. The number of nitrogen functional groups attached to an aromatic ring is 1. The first-order valence-corrected chi connectivity index (χ1v) is 7.22. The summed E-state index contributed by atoms with van der Waals surface area (Å²) in [4.78, 5) is 25.7. The molecule has 1 aliphatic heterocycles. The standard InChI is InChI=1S/C15H21N3O3/c16-13-5-4-11(19)10-12(13)15(21)17-7-6-14(20)18-8-2-1-3-9-18/h4-5,10,19H,1-3,6-9,16H2,(H,17,21). The van der Waals surface area contributed by atoms with Crippen molar-refractivity contribution in [3.63, 3.8) is 0 Å². The van der Waals surface area contributed by atoms with Crippen LogP contribution in [-0.2, 0) is 4.79 Å². The third-order valence-electron chi connectivity index (χ3n) is 3.61. The van der Waals surface area contributed by atoms with Gasteiger partial charge in [0.05, 0.1) is 5.56 Å². The van der Waals surface area contributed by atoms with E-state index in [4.69, 9.17) is 5.73 Å². The number of phenolic OH excluding ortho intramolecular Hbond substituents is 1. The van der Waals surface area contributed by atoms with Crippen molar-refractivity contribution in [2.45, 2.75) is 25.7 Å². The summed E-state index contributed by atoms with van der Waals surface area (Å²) in [5, 5.41) is 12.0. The predicted octanol–water partition coefficient (Wildman–Crippen LogP) is 1.11. The number of hydrogen-bond acceptors (Lipinski definition) is 4. The summed E-state index contributed by atoms with van der Waals surface area (Å²) >= 11 is 0. The molecule has 1 aromatic carbocycles. The Morgan fingerprint density at radius 2 is 1.95 bits per heavy atom. The SMILES string of the molecule is Nc1ccc(O)cc1C(=O)NCCC(=O)N1CCCCC1. The van der Waals surface area contributed by atoms with E-state index in [1.165, 1.54) is 24.6 Å². The number of carbonyl (C=O) groups is 2. The number of anilines is 1. The lowest BCUT2D eigenvalue weighted by molar-refractivity contribution is -0.131. The molecule has 0 aromatic heterocycles. The molecule has 4 N–H and O–H groups in total. The Balaban J connectivity index is 1.81. The fraction of sp³-hybridized carbons (Fsp3) is 0.467. The van der Waals surface area contributed by atoms with Crippen LogP contribution in [0.3, 0.4) is 0 Å². The van der Waals surface area contributed by atoms with E-state index in [0.29, 0.717) is 5.69 Å². The first kappa shape index (κ1) is 15.2. The van der Waals surface area contributed by atoms with Gasteiger partial charge in [0.2, 0.25) is 5.91 Å². The van der Waals surface area contributed by atoms with E-state index in [9.17, 15) is 14.7 Å². The Morgan fingerprint density at radius 3 is 2.67 bits per heavy atom. The predicted molar refractivity (Wildman–Crippen MR) is 79.9 cm³/mol. The maximum absolute atomic E-state index is 11.9. The molecule has 1 heterocycles. The maximum atomic E-state index is 11.9. The van der Waals surface area contributed by atoms with Crippen LogP contribution in [0, 0.1) is 0 Å². The molecular weight excluding hydrogens is 270 g/mol. The van der Waals surface area contributed by atoms with Crippen LogP contribution < -0.4 is 11.1 Å². The zero-order valence-corrected chi connectivity index (χ0v) is 12.0. The molecule has 0 saturated carbocycles. The van der Waals surface area contributed by atoms with Gasteiger partial charge < -0.3 is 21.1 Å². The Kier molecular flexibility index (Phi) is 5.03. The molecule has 1 fully saturated rings. The molecule has 114 valence electrons. The monoisotopic (exact) mass is 291 g/mol. The van der Waals surface area contributed by atoms with Gasteiger partial charge in [0, 0.05) is 31.7 Å². The van der Waals surface area contributed by atoms with E-state index in [1.807, 2.05) is 4.90 Å². The van der Waals surface area contributed by atoms with E-state index in [2.05, 4.69) is 5.32 Å². The number of nitrogens with zero attached hydrogens (tertiary/aromatic N) is 1. The highest BCUT2D eigenvalue weighted by Crippen LogP contribution is 2.18. The Bertz CT molecular complexity index is 525. The van der Waals surface area contributed by atoms with Gasteiger partial charge in [0.1, 0.15) is 5.75 Å². The van der Waals surface area contributed by atoms with E-state index in [-0.39, 0.29) is 36.1 Å². The van der Waals surface area contributed by atoms with Gasteiger partial charge in [-0.3, -0.25) is 9.59 Å². The molecule has 0 spiro atoms. The van der Waals surface area contributed by atoms with Crippen LogP contribution in [-0.4, -0.2) is 41.5 Å². The fourth-order valence-corrected chi connectivity index (χ4v) is 2.42. The molecule has 21 heavy (non-hydrogen) atoms. The van der Waals surface area contributed by atoms with Crippen LogP contribution in [0.15, 0.2) is 18.2 Å². The summed E-state index contributed by atoms with van der Waals surface area (Å²) in [6, 6.07) is 4.21. The minimum atomic E-state index is -0.380. The van der Waals surface area contributed by atoms with Crippen LogP contribution in [0.2, 0.25) is 0 Å². The number of carbonyl (C=O) groups excluding carboxylic acids is 2. The topological polar surface area (TPSA) is 95.7 Å². The second kappa shape index (κ2) is 6.97. The summed E-state index contributed by atoms with van der Waals surface area (Å²) in [7, 11) is 0. The van der Waals surface area contributed by atoms with Gasteiger partial charge in [-0.25, -0.2) is 0 Å². The smallest absolute Gasteiger partial charge is 0.253 e. The highest BCUT2D eigenvalue weighted by Gasteiger charge is 2.16. The molecule has 1 aromatic rings. The Hall–Kier alpha value is -2.24. The molecule has 1 aliphatic rings. The van der Waals surface area contributed by atoms with E-state index in [0.717, 1.165) is 25.9 Å². The maximum Gasteiger partial charge on any atom is 0.253 e. The fourth-order valence-electron chi connectivity index (χ4n) is 2.42. The van der Waals surface area contributed by atoms with Crippen LogP contribution in [0.5, 0.6) is 5.75 Å². The average Bonchev–Trinajstić information content (AvgIpc) is 2.50. The van der Waals surface area contributed by atoms with E-state index in [1.54, 1.807) is 0 Å². The van der Waals surface area contributed by atoms with Gasteiger partial charge in [0.25, 0.3) is 5.91 Å². The first-order valence-electron chi connectivity index (χ1n) is 7.22. The van der Waals surface area contributed by atoms with Crippen LogP contribution in [0.25, 0.3) is 0 Å². The van der Waals surface area contributed by atoms with Crippen molar-refractivity contribution in [1.29, 1.82) is 0 Å². The summed E-state index contributed by atoms with van der Waals surface area (Å²) < 4.78 is 0. The minimum Gasteiger partial charge on any atom is -0.508 e. The highest BCUT2D eigenvalue weighted by molar-refractivity contribution is 5.99. The van der Waals surface area contributed by atoms with Crippen molar-refractivity contribution in [2.24, 2.45) is 0 Å². The average molecular weight is 291 g/mol. The molecule has 6 nitrogen and oxygen atoms in total. The lowest BCUT2D eigenvalue weighted by Gasteiger charge is -2.26. The molecule has 1 saturated heterocycles. The molecule has 2 amide bonds. The largest absolute Gasteiger partial charge is 0.508 e. The minimum absolute atomic E-state index is 0.0151. The van der Waals surface area contributed by atoms with Crippen molar-refractivity contribution in [1.82, 2.24) is 10.2 Å². The van der Waals surface area contributed by atoms with Crippen molar-refractivity contribution in [3.05, 3.63) is 23.8 Å². The Labute approximate surface area is 123 Å². The van der Waals surface area contributed by atoms with Gasteiger partial charge >= 0.3 is 0 Å². The zero-order chi connectivity index (χ0) is 15.2. The zero-order valence-electron chi connectivity index (χ0n) is 12.0. The number of likely N-dealkylation sites (tertiary alicyclic amines) is 1. The van der Waals surface area contributed by atoms with Crippen LogP contribution in [0.1, 0.15) is 36.0 Å². The number of piperidine rings is 1. The van der Waals surface area contributed by atoms with Crippen molar-refractivity contribution in [3.8, 4) is 5.75 Å². The third kappa shape index (κ3) is 4.11. The number of aromatic hydroxyl groups is 1. The van der Waals surface area contributed by atoms with E-state index >= 15 is 0 Å².